The van der Waals surface area contributed by atoms with Crippen LogP contribution in [-0.4, -0.2) is 49.7 Å². The molecular weight excluding hydrogens is 482 g/mol. The third kappa shape index (κ3) is 10.4. The molecule has 0 aliphatic heterocycles. The van der Waals surface area contributed by atoms with E-state index in [4.69, 9.17) is 19.2 Å². The summed E-state index contributed by atoms with van der Waals surface area (Å²) in [6, 6.07) is 5.65. The maximum absolute atomic E-state index is 11.9. The molecule has 0 atom stereocenters. The molecule has 2 amide bonds. The first-order valence-electron chi connectivity index (χ1n) is 12.3. The van der Waals surface area contributed by atoms with Crippen LogP contribution in [0, 0.1) is 0 Å². The highest BCUT2D eigenvalue weighted by molar-refractivity contribution is 7.15. The Hall–Kier alpha value is -2.85. The molecule has 0 spiro atoms. The number of carbonyl (C=O) groups is 2. The monoisotopic (exact) mass is 521 g/mol. The first-order chi connectivity index (χ1) is 17.2. The second-order valence-corrected chi connectivity index (χ2v) is 10.1. The van der Waals surface area contributed by atoms with Crippen LogP contribution < -0.4 is 15.8 Å². The van der Waals surface area contributed by atoms with Gasteiger partial charge in [0.2, 0.25) is 0 Å². The summed E-state index contributed by atoms with van der Waals surface area (Å²) in [7, 11) is 1.64. The van der Waals surface area contributed by atoms with Crippen molar-refractivity contribution in [1.29, 1.82) is 0 Å². The Balaban J connectivity index is 0.000000572. The first-order valence-corrected chi connectivity index (χ1v) is 13.2. The topological polar surface area (TPSA) is 122 Å². The Morgan fingerprint density at radius 2 is 1.78 bits per heavy atom. The fourth-order valence-electron chi connectivity index (χ4n) is 3.70. The molecule has 1 aliphatic rings. The largest absolute Gasteiger partial charge is 0.490 e. The number of primary amides is 1. The van der Waals surface area contributed by atoms with Gasteiger partial charge >= 0.3 is 12.2 Å². The molecule has 1 aromatic heterocycles. The van der Waals surface area contributed by atoms with Gasteiger partial charge < -0.3 is 24.7 Å². The van der Waals surface area contributed by atoms with Gasteiger partial charge in [-0.05, 0) is 52.7 Å². The van der Waals surface area contributed by atoms with Crippen molar-refractivity contribution in [3.8, 4) is 16.2 Å². The third-order valence-electron chi connectivity index (χ3n) is 5.21. The zero-order valence-electron chi connectivity index (χ0n) is 21.9. The van der Waals surface area contributed by atoms with Crippen LogP contribution in [0.5, 0.6) is 5.75 Å². The number of amides is 2. The minimum atomic E-state index is -0.713. The molecular formula is C26H39N3O6S. The van der Waals surface area contributed by atoms with Crippen molar-refractivity contribution >= 4 is 29.2 Å². The minimum absolute atomic E-state index is 0.0995. The highest BCUT2D eigenvalue weighted by Gasteiger charge is 2.20. The van der Waals surface area contributed by atoms with Gasteiger partial charge in [-0.2, -0.15) is 0 Å². The van der Waals surface area contributed by atoms with Crippen molar-refractivity contribution < 1.29 is 28.5 Å². The molecule has 36 heavy (non-hydrogen) atoms. The summed E-state index contributed by atoms with van der Waals surface area (Å²) in [4.78, 5) is 27.5. The Morgan fingerprint density at radius 3 is 2.36 bits per heavy atom. The summed E-state index contributed by atoms with van der Waals surface area (Å²) in [6.07, 6.45) is 6.83. The van der Waals surface area contributed by atoms with E-state index in [2.05, 4.69) is 15.8 Å². The predicted octanol–water partition coefficient (Wildman–Crippen LogP) is 6.33. The van der Waals surface area contributed by atoms with E-state index in [0.717, 1.165) is 10.4 Å². The zero-order chi connectivity index (χ0) is 26.5. The van der Waals surface area contributed by atoms with Crippen LogP contribution in [0.3, 0.4) is 0 Å². The minimum Gasteiger partial charge on any atom is -0.490 e. The van der Waals surface area contributed by atoms with E-state index in [1.165, 1.54) is 37.1 Å². The van der Waals surface area contributed by atoms with Gasteiger partial charge in [-0.15, -0.1) is 11.3 Å². The molecule has 1 fully saturated rings. The molecule has 10 heteroatoms. The number of rotatable bonds is 9. The second-order valence-electron chi connectivity index (χ2n) is 9.01. The molecule has 9 nitrogen and oxygen atoms in total. The number of nitrogens with zero attached hydrogens (tertiary/aromatic N) is 1. The third-order valence-corrected chi connectivity index (χ3v) is 6.40. The van der Waals surface area contributed by atoms with E-state index in [1.807, 2.05) is 38.2 Å². The maximum atomic E-state index is 11.9. The lowest BCUT2D eigenvalue weighted by molar-refractivity contribution is 0.125. The molecule has 0 radical (unpaired) electrons. The van der Waals surface area contributed by atoms with Gasteiger partial charge in [0.15, 0.2) is 0 Å². The molecule has 3 N–H and O–H groups in total. The second kappa shape index (κ2) is 15.3. The lowest BCUT2D eigenvalue weighted by atomic mass is 9.90. The summed E-state index contributed by atoms with van der Waals surface area (Å²) in [5.74, 6) is 1.27. The number of aromatic nitrogens is 1. The van der Waals surface area contributed by atoms with Gasteiger partial charge in [0.05, 0.1) is 28.7 Å². The van der Waals surface area contributed by atoms with E-state index in [0.29, 0.717) is 30.6 Å². The average Bonchev–Trinajstić information content (AvgIpc) is 3.29. The molecule has 0 saturated heterocycles. The van der Waals surface area contributed by atoms with Crippen molar-refractivity contribution in [2.24, 2.45) is 5.73 Å². The number of hydrogen-bond acceptors (Lipinski definition) is 8. The van der Waals surface area contributed by atoms with Crippen molar-refractivity contribution in [2.75, 3.05) is 25.6 Å². The molecule has 0 unspecified atom stereocenters. The molecule has 1 aromatic carbocycles. The molecule has 2 aromatic rings. The van der Waals surface area contributed by atoms with Crippen LogP contribution >= 0.6 is 11.3 Å². The Bertz CT molecular complexity index is 957. The highest BCUT2D eigenvalue weighted by atomic mass is 32.1. The molecule has 3 rings (SSSR count). The Kier molecular flexibility index (Phi) is 12.5. The van der Waals surface area contributed by atoms with Crippen LogP contribution in [0.1, 0.15) is 70.7 Å². The summed E-state index contributed by atoms with van der Waals surface area (Å²) < 4.78 is 20.6. The van der Waals surface area contributed by atoms with E-state index in [-0.39, 0.29) is 12.2 Å². The molecule has 200 valence electrons. The number of methoxy groups -OCH3 is 1. The number of nitrogens with two attached hydrogens (primary N) is 1. The predicted molar refractivity (Wildman–Crippen MR) is 142 cm³/mol. The lowest BCUT2D eigenvalue weighted by Gasteiger charge is -2.18. The van der Waals surface area contributed by atoms with E-state index >= 15 is 0 Å². The van der Waals surface area contributed by atoms with Crippen LogP contribution in [0.2, 0.25) is 0 Å². The summed E-state index contributed by atoms with van der Waals surface area (Å²) >= 11 is 1.74. The van der Waals surface area contributed by atoms with Gasteiger partial charge in [-0.1, -0.05) is 19.3 Å². The highest BCUT2D eigenvalue weighted by Crippen LogP contribution is 2.40. The van der Waals surface area contributed by atoms with Gasteiger partial charge in [-0.25, -0.2) is 14.6 Å². The summed E-state index contributed by atoms with van der Waals surface area (Å²) in [6.45, 7) is 8.03. The fraction of sp³-hybridized carbons (Fsp3) is 0.577. The molecule has 1 heterocycles. The number of benzene rings is 1. The van der Waals surface area contributed by atoms with Gasteiger partial charge in [0.25, 0.3) is 0 Å². The zero-order valence-corrected chi connectivity index (χ0v) is 22.7. The molecule has 0 bridgehead atoms. The number of hydrogen-bond donors (Lipinski definition) is 2. The Morgan fingerprint density at radius 1 is 1.08 bits per heavy atom. The van der Waals surface area contributed by atoms with Gasteiger partial charge in [0.1, 0.15) is 12.4 Å². The smallest absolute Gasteiger partial charge is 0.411 e. The van der Waals surface area contributed by atoms with E-state index in [9.17, 15) is 9.59 Å². The van der Waals surface area contributed by atoms with Crippen LogP contribution in [-0.2, 0) is 14.2 Å². The first kappa shape index (κ1) is 29.4. The standard InChI is InChI=1S/C22H30N2O4S.C4H9NO2/c1-15(2)28-22(25)24-17-9-10-18(19(13-17)27-12-11-26-3)20-14-23-21(29-20)16-7-5-4-6-8-16;1-3(2)7-4(5)6/h9-10,13-16H,4-8,11-12H2,1-3H3,(H,24,25);3H,1-2H3,(H2,5,6). The lowest BCUT2D eigenvalue weighted by Crippen LogP contribution is -2.18. The van der Waals surface area contributed by atoms with Crippen molar-refractivity contribution in [2.45, 2.75) is 77.9 Å². The molecule has 1 saturated carbocycles. The summed E-state index contributed by atoms with van der Waals surface area (Å²) in [5.41, 5.74) is 6.24. The van der Waals surface area contributed by atoms with E-state index in [1.54, 1.807) is 32.3 Å². The number of anilines is 1. The summed E-state index contributed by atoms with van der Waals surface area (Å²) in [5, 5.41) is 3.97. The molecule has 1 aliphatic carbocycles. The van der Waals surface area contributed by atoms with Crippen LogP contribution in [0.4, 0.5) is 15.3 Å². The van der Waals surface area contributed by atoms with E-state index < -0.39 is 12.2 Å². The van der Waals surface area contributed by atoms with Crippen molar-refractivity contribution in [3.05, 3.63) is 29.4 Å². The SMILES string of the molecule is CC(C)OC(N)=O.COCCOc1cc(NC(=O)OC(C)C)ccc1-c1cnc(C2CCCCC2)s1. The van der Waals surface area contributed by atoms with Gasteiger partial charge in [0, 0.05) is 36.5 Å². The van der Waals surface area contributed by atoms with Crippen molar-refractivity contribution in [1.82, 2.24) is 4.98 Å². The Labute approximate surface area is 217 Å². The maximum Gasteiger partial charge on any atom is 0.411 e. The normalized spacial score (nSPS) is 13.6. The quantitative estimate of drug-likeness (QED) is 0.370. The fourth-order valence-corrected chi connectivity index (χ4v) is 4.82. The number of thiazole rings is 1. The van der Waals surface area contributed by atoms with Gasteiger partial charge in [-0.3, -0.25) is 5.32 Å². The number of nitrogens with one attached hydrogen (secondary N) is 1. The van der Waals surface area contributed by atoms with Crippen LogP contribution in [0.25, 0.3) is 10.4 Å². The number of ether oxygens (including phenoxy) is 4. The number of carbonyl (C=O) groups excluding carboxylic acids is 2. The average molecular weight is 522 g/mol. The van der Waals surface area contributed by atoms with Crippen LogP contribution in [0.15, 0.2) is 24.4 Å². The van der Waals surface area contributed by atoms with Crippen molar-refractivity contribution in [3.63, 3.8) is 0 Å².